The summed E-state index contributed by atoms with van der Waals surface area (Å²) in [5.41, 5.74) is 1.46. The number of carbonyl (C=O) groups is 1. The Morgan fingerprint density at radius 1 is 1.17 bits per heavy atom. The summed E-state index contributed by atoms with van der Waals surface area (Å²) in [5, 5.41) is 3.51. The zero-order valence-electron chi connectivity index (χ0n) is 20.0. The summed E-state index contributed by atoms with van der Waals surface area (Å²) < 4.78 is 49.4. The lowest BCUT2D eigenvalue weighted by Gasteiger charge is -2.23. The minimum absolute atomic E-state index is 0.0261. The van der Waals surface area contributed by atoms with E-state index in [4.69, 9.17) is 9.47 Å². The molecule has 36 heavy (non-hydrogen) atoms. The molecule has 11 heteroatoms. The van der Waals surface area contributed by atoms with Crippen molar-refractivity contribution in [2.24, 2.45) is 0 Å². The Hall–Kier alpha value is -3.05. The molecule has 1 aliphatic carbocycles. The van der Waals surface area contributed by atoms with Gasteiger partial charge >= 0.3 is 6.18 Å². The Bertz CT molecular complexity index is 1180. The van der Waals surface area contributed by atoms with Crippen molar-refractivity contribution in [2.45, 2.75) is 57.3 Å². The molecule has 2 heterocycles. The average molecular weight is 521 g/mol. The van der Waals surface area contributed by atoms with Gasteiger partial charge in [-0.05, 0) is 43.4 Å². The van der Waals surface area contributed by atoms with E-state index in [0.717, 1.165) is 29.4 Å². The number of aromatic nitrogens is 3. The number of nitrogens with one attached hydrogen (secondary N) is 1. The Labute approximate surface area is 211 Å². The summed E-state index contributed by atoms with van der Waals surface area (Å²) in [4.78, 5) is 25.5. The van der Waals surface area contributed by atoms with Crippen LogP contribution in [0.1, 0.15) is 65.1 Å². The molecule has 4 rings (SSSR count). The molecule has 3 aromatic rings. The Kier molecular flexibility index (Phi) is 8.20. The molecule has 0 saturated heterocycles. The number of methoxy groups -OCH3 is 1. The molecule has 2 aromatic heterocycles. The summed E-state index contributed by atoms with van der Waals surface area (Å²) in [6.07, 6.45) is 3.48. The van der Waals surface area contributed by atoms with Crippen molar-refractivity contribution in [1.29, 1.82) is 0 Å². The minimum Gasteiger partial charge on any atom is -0.488 e. The third-order valence-corrected chi connectivity index (χ3v) is 7.18. The van der Waals surface area contributed by atoms with Gasteiger partial charge in [0.05, 0.1) is 6.61 Å². The van der Waals surface area contributed by atoms with Gasteiger partial charge in [0.2, 0.25) is 5.82 Å². The number of ether oxygens (including phenoxy) is 2. The number of nitrogens with zero attached hydrogens (tertiary/aromatic N) is 3. The lowest BCUT2D eigenvalue weighted by molar-refractivity contribution is -0.145. The molecular weight excluding hydrogens is 493 g/mol. The van der Waals surface area contributed by atoms with E-state index in [1.807, 2.05) is 19.2 Å². The van der Waals surface area contributed by atoms with E-state index >= 15 is 0 Å². The van der Waals surface area contributed by atoms with E-state index < -0.39 is 17.9 Å². The third-order valence-electron chi connectivity index (χ3n) is 5.97. The Morgan fingerprint density at radius 2 is 1.92 bits per heavy atom. The van der Waals surface area contributed by atoms with Gasteiger partial charge in [-0.15, -0.1) is 11.3 Å². The van der Waals surface area contributed by atoms with Crippen LogP contribution in [0.2, 0.25) is 0 Å². The maximum atomic E-state index is 13.0. The number of alkyl halides is 3. The molecular formula is C25H27F3N4O3S. The first-order chi connectivity index (χ1) is 17.3. The van der Waals surface area contributed by atoms with Crippen LogP contribution in [0.25, 0.3) is 10.6 Å². The second-order valence-corrected chi connectivity index (χ2v) is 9.70. The number of hydrogen-bond donors (Lipinski definition) is 1. The molecule has 1 fully saturated rings. The highest BCUT2D eigenvalue weighted by Gasteiger charge is 2.34. The second kappa shape index (κ2) is 11.3. The summed E-state index contributed by atoms with van der Waals surface area (Å²) in [5.74, 6) is -0.564. The van der Waals surface area contributed by atoms with Crippen LogP contribution in [0.3, 0.4) is 0 Å². The molecule has 0 radical (unpaired) electrons. The van der Waals surface area contributed by atoms with Crippen molar-refractivity contribution in [1.82, 2.24) is 20.3 Å². The lowest BCUT2D eigenvalue weighted by atomic mass is 9.85. The van der Waals surface area contributed by atoms with E-state index in [1.165, 1.54) is 24.1 Å². The molecule has 1 N–H and O–H groups in total. The molecule has 192 valence electrons. The van der Waals surface area contributed by atoms with Crippen LogP contribution < -0.4 is 10.1 Å². The average Bonchev–Trinajstić information content (AvgIpc) is 3.30. The van der Waals surface area contributed by atoms with Gasteiger partial charge in [-0.25, -0.2) is 15.0 Å². The molecule has 7 nitrogen and oxygen atoms in total. The number of amides is 1. The molecule has 1 aromatic carbocycles. The summed E-state index contributed by atoms with van der Waals surface area (Å²) in [6, 6.07) is 5.25. The number of benzene rings is 1. The van der Waals surface area contributed by atoms with E-state index in [-0.39, 0.29) is 12.6 Å². The normalized spacial score (nSPS) is 14.8. The van der Waals surface area contributed by atoms with Crippen LogP contribution in [0, 0.1) is 0 Å². The maximum Gasteiger partial charge on any atom is 0.451 e. The van der Waals surface area contributed by atoms with E-state index in [2.05, 4.69) is 20.3 Å². The van der Waals surface area contributed by atoms with Gasteiger partial charge in [-0.2, -0.15) is 13.2 Å². The Balaban J connectivity index is 1.54. The van der Waals surface area contributed by atoms with Crippen LogP contribution in [0.5, 0.6) is 5.75 Å². The van der Waals surface area contributed by atoms with Gasteiger partial charge in [0, 0.05) is 53.8 Å². The van der Waals surface area contributed by atoms with Crippen LogP contribution in [0.15, 0.2) is 36.8 Å². The molecule has 1 amide bonds. The smallest absolute Gasteiger partial charge is 0.451 e. The number of thiazole rings is 1. The van der Waals surface area contributed by atoms with Gasteiger partial charge in [-0.3, -0.25) is 4.79 Å². The van der Waals surface area contributed by atoms with E-state index in [9.17, 15) is 18.0 Å². The van der Waals surface area contributed by atoms with Crippen LogP contribution in [-0.2, 0) is 17.5 Å². The van der Waals surface area contributed by atoms with Crippen LogP contribution in [-0.4, -0.2) is 40.7 Å². The fourth-order valence-corrected chi connectivity index (χ4v) is 4.79. The third kappa shape index (κ3) is 6.38. The lowest BCUT2D eigenvalue weighted by Crippen LogP contribution is -2.24. The van der Waals surface area contributed by atoms with Gasteiger partial charge in [0.1, 0.15) is 16.9 Å². The van der Waals surface area contributed by atoms with Gasteiger partial charge < -0.3 is 14.8 Å². The van der Waals surface area contributed by atoms with Gasteiger partial charge in [0.25, 0.3) is 5.91 Å². The predicted molar refractivity (Wildman–Crippen MR) is 129 cm³/mol. The van der Waals surface area contributed by atoms with Gasteiger partial charge in [-0.1, -0.05) is 13.3 Å². The number of rotatable bonds is 10. The largest absolute Gasteiger partial charge is 0.488 e. The van der Waals surface area contributed by atoms with E-state index in [1.54, 1.807) is 30.6 Å². The molecule has 1 atom stereocenters. The molecule has 1 aliphatic rings. The highest BCUT2D eigenvalue weighted by Crippen LogP contribution is 2.41. The first-order valence-electron chi connectivity index (χ1n) is 11.7. The molecule has 0 spiro atoms. The molecule has 0 bridgehead atoms. The molecule has 0 unspecified atom stereocenters. The summed E-state index contributed by atoms with van der Waals surface area (Å²) >= 11 is 1.62. The summed E-state index contributed by atoms with van der Waals surface area (Å²) in [7, 11) is 1.60. The molecule has 1 saturated carbocycles. The van der Waals surface area contributed by atoms with Crippen molar-refractivity contribution in [3.05, 3.63) is 58.6 Å². The maximum absolute atomic E-state index is 13.0. The van der Waals surface area contributed by atoms with Crippen molar-refractivity contribution in [3.63, 3.8) is 0 Å². The highest BCUT2D eigenvalue weighted by atomic mass is 32.1. The van der Waals surface area contributed by atoms with Crippen molar-refractivity contribution < 1.29 is 27.4 Å². The van der Waals surface area contributed by atoms with Crippen molar-refractivity contribution in [3.8, 4) is 16.3 Å². The minimum atomic E-state index is -4.62. The van der Waals surface area contributed by atoms with Gasteiger partial charge in [0.15, 0.2) is 0 Å². The quantitative estimate of drug-likeness (QED) is 0.373. The first kappa shape index (κ1) is 26.0. The van der Waals surface area contributed by atoms with Crippen LogP contribution in [0.4, 0.5) is 13.2 Å². The first-order valence-corrected chi connectivity index (χ1v) is 12.5. The fraction of sp³-hybridized carbons (Fsp3) is 0.440. The standard InChI is InChI=1S/C25H27F3N4O3S/c1-3-19(14-34-2)35-20-8-17(7-18(9-20)23-30-13-21(36-23)16-5-4-6-16)22(33)29-10-15-11-31-24(32-12-15)25(26,27)28/h7-9,11-13,16,19H,3-6,10,14H2,1-2H3,(H,29,33)/t19-/m1/s1. The highest BCUT2D eigenvalue weighted by molar-refractivity contribution is 7.15. The topological polar surface area (TPSA) is 86.2 Å². The fourth-order valence-electron chi connectivity index (χ4n) is 3.71. The number of halogens is 3. The summed E-state index contributed by atoms with van der Waals surface area (Å²) in [6.45, 7) is 2.36. The van der Waals surface area contributed by atoms with Crippen molar-refractivity contribution >= 4 is 17.2 Å². The second-order valence-electron chi connectivity index (χ2n) is 8.64. The zero-order valence-corrected chi connectivity index (χ0v) is 20.8. The molecule has 0 aliphatic heterocycles. The zero-order chi connectivity index (χ0) is 25.7. The monoisotopic (exact) mass is 520 g/mol. The SMILES string of the molecule is CC[C@H](COC)Oc1cc(C(=O)NCc2cnc(C(F)(F)F)nc2)cc(-c2ncc(C3CCC3)s2)c1. The number of hydrogen-bond acceptors (Lipinski definition) is 7. The van der Waals surface area contributed by atoms with Crippen LogP contribution >= 0.6 is 11.3 Å². The Morgan fingerprint density at radius 3 is 2.53 bits per heavy atom. The van der Waals surface area contributed by atoms with Crippen molar-refractivity contribution in [2.75, 3.05) is 13.7 Å². The van der Waals surface area contributed by atoms with E-state index in [0.29, 0.717) is 29.4 Å². The predicted octanol–water partition coefficient (Wildman–Crippen LogP) is 5.62. The number of carbonyl (C=O) groups excluding carboxylic acids is 1.